The Kier molecular flexibility index (Phi) is 3.42. The molecule has 0 radical (unpaired) electrons. The minimum atomic E-state index is 0.452. The van der Waals surface area contributed by atoms with Crippen LogP contribution in [0.4, 0.5) is 0 Å². The van der Waals surface area contributed by atoms with Crippen LogP contribution in [0, 0.1) is 0 Å². The van der Waals surface area contributed by atoms with E-state index in [-0.39, 0.29) is 0 Å². The zero-order chi connectivity index (χ0) is 11.4. The Morgan fingerprint density at radius 3 is 2.38 bits per heavy atom. The normalized spacial score (nSPS) is 10.6. The van der Waals surface area contributed by atoms with Gasteiger partial charge in [0, 0.05) is 5.56 Å². The molecule has 0 spiro atoms. The van der Waals surface area contributed by atoms with Gasteiger partial charge in [0.15, 0.2) is 0 Å². The lowest BCUT2D eigenvalue weighted by atomic mass is 10.1. The van der Waals surface area contributed by atoms with Crippen molar-refractivity contribution < 1.29 is 4.42 Å². The van der Waals surface area contributed by atoms with Crippen molar-refractivity contribution in [3.8, 4) is 11.3 Å². The lowest BCUT2D eigenvalue weighted by Gasteiger charge is -2.00. The summed E-state index contributed by atoms with van der Waals surface area (Å²) >= 11 is 0. The maximum absolute atomic E-state index is 5.59. The van der Waals surface area contributed by atoms with Gasteiger partial charge in [-0.25, -0.2) is 0 Å². The van der Waals surface area contributed by atoms with Gasteiger partial charge >= 0.3 is 0 Å². The van der Waals surface area contributed by atoms with Crippen molar-refractivity contribution in [1.29, 1.82) is 0 Å². The van der Waals surface area contributed by atoms with E-state index in [0.29, 0.717) is 6.54 Å². The molecule has 0 bridgehead atoms. The van der Waals surface area contributed by atoms with E-state index in [1.54, 1.807) is 0 Å². The van der Waals surface area contributed by atoms with Crippen molar-refractivity contribution in [2.24, 2.45) is 5.73 Å². The van der Waals surface area contributed by atoms with Crippen molar-refractivity contribution in [2.75, 3.05) is 0 Å². The number of nitrogens with two attached hydrogens (primary N) is 1. The van der Waals surface area contributed by atoms with Crippen LogP contribution in [0.5, 0.6) is 0 Å². The van der Waals surface area contributed by atoms with Crippen LogP contribution in [0.25, 0.3) is 11.3 Å². The van der Waals surface area contributed by atoms with Crippen molar-refractivity contribution in [1.82, 2.24) is 0 Å². The minimum Gasteiger partial charge on any atom is -0.460 e. The van der Waals surface area contributed by atoms with E-state index in [2.05, 4.69) is 31.2 Å². The van der Waals surface area contributed by atoms with Crippen LogP contribution in [0.3, 0.4) is 0 Å². The highest BCUT2D eigenvalue weighted by molar-refractivity contribution is 5.57. The van der Waals surface area contributed by atoms with E-state index in [4.69, 9.17) is 10.2 Å². The molecular formula is C14H17NO. The largest absolute Gasteiger partial charge is 0.460 e. The van der Waals surface area contributed by atoms with Gasteiger partial charge in [0.05, 0.1) is 6.54 Å². The molecule has 2 heteroatoms. The average Bonchev–Trinajstić information content (AvgIpc) is 2.79. The van der Waals surface area contributed by atoms with Crippen LogP contribution in [-0.4, -0.2) is 0 Å². The molecule has 0 fully saturated rings. The Bertz CT molecular complexity index is 442. The molecule has 0 saturated heterocycles. The lowest BCUT2D eigenvalue weighted by Crippen LogP contribution is -1.92. The van der Waals surface area contributed by atoms with E-state index in [0.717, 1.165) is 23.5 Å². The fraction of sp³-hybridized carbons (Fsp3) is 0.286. The molecule has 1 aromatic heterocycles. The van der Waals surface area contributed by atoms with Gasteiger partial charge in [-0.05, 0) is 24.1 Å². The van der Waals surface area contributed by atoms with Gasteiger partial charge in [-0.15, -0.1) is 0 Å². The minimum absolute atomic E-state index is 0.452. The van der Waals surface area contributed by atoms with Crippen molar-refractivity contribution in [3.63, 3.8) is 0 Å². The molecule has 0 amide bonds. The molecule has 2 aromatic rings. The topological polar surface area (TPSA) is 39.2 Å². The number of rotatable bonds is 4. The summed E-state index contributed by atoms with van der Waals surface area (Å²) in [4.78, 5) is 0. The first kappa shape index (κ1) is 11.0. The second-order valence-electron chi connectivity index (χ2n) is 3.92. The van der Waals surface area contributed by atoms with Crippen LogP contribution in [0.1, 0.15) is 24.7 Å². The van der Waals surface area contributed by atoms with Gasteiger partial charge in [0.25, 0.3) is 0 Å². The highest BCUT2D eigenvalue weighted by Gasteiger charge is 2.03. The molecule has 2 rings (SSSR count). The average molecular weight is 215 g/mol. The first-order valence-electron chi connectivity index (χ1n) is 5.71. The van der Waals surface area contributed by atoms with Gasteiger partial charge in [-0.1, -0.05) is 37.6 Å². The van der Waals surface area contributed by atoms with Crippen LogP contribution in [0.2, 0.25) is 0 Å². The van der Waals surface area contributed by atoms with Gasteiger partial charge < -0.3 is 10.2 Å². The smallest absolute Gasteiger partial charge is 0.134 e. The molecule has 0 saturated carbocycles. The summed E-state index contributed by atoms with van der Waals surface area (Å²) in [5.74, 6) is 1.72. The van der Waals surface area contributed by atoms with Crippen LogP contribution >= 0.6 is 0 Å². The number of hydrogen-bond donors (Lipinski definition) is 1. The summed E-state index contributed by atoms with van der Waals surface area (Å²) in [5.41, 5.74) is 7.99. The second kappa shape index (κ2) is 4.99. The van der Waals surface area contributed by atoms with Crippen molar-refractivity contribution in [2.45, 2.75) is 26.3 Å². The maximum Gasteiger partial charge on any atom is 0.134 e. The third-order valence-corrected chi connectivity index (χ3v) is 2.64. The standard InChI is InChI=1S/C14H17NO/c1-2-3-11-4-6-12(7-5-11)14-9-8-13(10-15)16-14/h4-9H,2-3,10,15H2,1H3. The Balaban J connectivity index is 2.20. The van der Waals surface area contributed by atoms with E-state index in [1.807, 2.05) is 12.1 Å². The summed E-state index contributed by atoms with van der Waals surface area (Å²) in [7, 11) is 0. The number of furan rings is 1. The number of aryl methyl sites for hydroxylation is 1. The predicted molar refractivity (Wildman–Crippen MR) is 66.0 cm³/mol. The molecule has 0 unspecified atom stereocenters. The predicted octanol–water partition coefficient (Wildman–Crippen LogP) is 3.36. The number of benzene rings is 1. The van der Waals surface area contributed by atoms with Crippen LogP contribution in [0.15, 0.2) is 40.8 Å². The van der Waals surface area contributed by atoms with Crippen LogP contribution in [-0.2, 0) is 13.0 Å². The first-order chi connectivity index (χ1) is 7.83. The van der Waals surface area contributed by atoms with Gasteiger partial charge in [-0.3, -0.25) is 0 Å². The molecule has 1 heterocycles. The molecular weight excluding hydrogens is 198 g/mol. The van der Waals surface area contributed by atoms with Crippen molar-refractivity contribution >= 4 is 0 Å². The molecule has 16 heavy (non-hydrogen) atoms. The SMILES string of the molecule is CCCc1ccc(-c2ccc(CN)o2)cc1. The Morgan fingerprint density at radius 1 is 1.06 bits per heavy atom. The first-order valence-corrected chi connectivity index (χ1v) is 5.71. The molecule has 1 aromatic carbocycles. The molecule has 0 aliphatic carbocycles. The fourth-order valence-corrected chi connectivity index (χ4v) is 1.77. The zero-order valence-corrected chi connectivity index (χ0v) is 9.57. The Morgan fingerprint density at radius 2 is 1.81 bits per heavy atom. The third-order valence-electron chi connectivity index (χ3n) is 2.64. The Hall–Kier alpha value is -1.54. The van der Waals surface area contributed by atoms with Gasteiger partial charge in [-0.2, -0.15) is 0 Å². The maximum atomic E-state index is 5.59. The summed E-state index contributed by atoms with van der Waals surface area (Å²) in [6, 6.07) is 12.4. The highest BCUT2D eigenvalue weighted by atomic mass is 16.3. The van der Waals surface area contributed by atoms with Gasteiger partial charge in [0.1, 0.15) is 11.5 Å². The Labute approximate surface area is 96.1 Å². The molecule has 2 nitrogen and oxygen atoms in total. The summed E-state index contributed by atoms with van der Waals surface area (Å²) < 4.78 is 5.59. The van der Waals surface area contributed by atoms with Crippen LogP contribution < -0.4 is 5.73 Å². The molecule has 84 valence electrons. The van der Waals surface area contributed by atoms with E-state index in [9.17, 15) is 0 Å². The molecule has 2 N–H and O–H groups in total. The summed E-state index contributed by atoms with van der Waals surface area (Å²) in [5, 5.41) is 0. The summed E-state index contributed by atoms with van der Waals surface area (Å²) in [6.07, 6.45) is 2.31. The van der Waals surface area contributed by atoms with Gasteiger partial charge in [0.2, 0.25) is 0 Å². The molecule has 0 atom stereocenters. The fourth-order valence-electron chi connectivity index (χ4n) is 1.77. The van der Waals surface area contributed by atoms with E-state index >= 15 is 0 Å². The zero-order valence-electron chi connectivity index (χ0n) is 9.57. The van der Waals surface area contributed by atoms with Crippen molar-refractivity contribution in [3.05, 3.63) is 47.7 Å². The molecule has 0 aliphatic heterocycles. The quantitative estimate of drug-likeness (QED) is 0.849. The van der Waals surface area contributed by atoms with E-state index in [1.165, 1.54) is 12.0 Å². The highest BCUT2D eigenvalue weighted by Crippen LogP contribution is 2.22. The second-order valence-corrected chi connectivity index (χ2v) is 3.92. The third kappa shape index (κ3) is 2.34. The molecule has 0 aliphatic rings. The van der Waals surface area contributed by atoms with E-state index < -0.39 is 0 Å². The monoisotopic (exact) mass is 215 g/mol. The lowest BCUT2D eigenvalue weighted by molar-refractivity contribution is 0.525. The summed E-state index contributed by atoms with van der Waals surface area (Å²) in [6.45, 7) is 2.64. The number of hydrogen-bond acceptors (Lipinski definition) is 2.